The van der Waals surface area contributed by atoms with Crippen molar-refractivity contribution in [2.24, 2.45) is 0 Å². The number of nitrogens with one attached hydrogen (secondary N) is 1. The second kappa shape index (κ2) is 8.18. The SMILES string of the molecule is Cc1ccccc1SC1CCN(C(=O)C[C@H]2CNCCO2)CC1. The van der Waals surface area contributed by atoms with E-state index in [1.165, 1.54) is 10.5 Å². The minimum absolute atomic E-state index is 0.0512. The van der Waals surface area contributed by atoms with E-state index in [-0.39, 0.29) is 12.0 Å². The summed E-state index contributed by atoms with van der Waals surface area (Å²) in [4.78, 5) is 15.8. The molecular weight excluding hydrogens is 308 g/mol. The normalized spacial score (nSPS) is 23.0. The molecule has 1 N–H and O–H groups in total. The first-order valence-electron chi connectivity index (χ1n) is 8.55. The quantitative estimate of drug-likeness (QED) is 0.918. The number of piperidine rings is 1. The summed E-state index contributed by atoms with van der Waals surface area (Å²) in [5, 5.41) is 3.90. The minimum Gasteiger partial charge on any atom is -0.375 e. The highest BCUT2D eigenvalue weighted by molar-refractivity contribution is 8.00. The predicted octanol–water partition coefficient (Wildman–Crippen LogP) is 2.46. The number of likely N-dealkylation sites (tertiary alicyclic amines) is 1. The average Bonchev–Trinajstić information content (AvgIpc) is 2.58. The maximum absolute atomic E-state index is 12.4. The molecular formula is C18H26N2O2S. The Morgan fingerprint density at radius 1 is 1.35 bits per heavy atom. The third kappa shape index (κ3) is 4.72. The Bertz CT molecular complexity index is 524. The highest BCUT2D eigenvalue weighted by Crippen LogP contribution is 2.32. The van der Waals surface area contributed by atoms with Crippen LogP contribution in [0.3, 0.4) is 0 Å². The monoisotopic (exact) mass is 334 g/mol. The molecule has 0 unspecified atom stereocenters. The number of ether oxygens (including phenoxy) is 1. The fourth-order valence-corrected chi connectivity index (χ4v) is 4.38. The highest BCUT2D eigenvalue weighted by atomic mass is 32.2. The van der Waals surface area contributed by atoms with Crippen LogP contribution >= 0.6 is 11.8 Å². The summed E-state index contributed by atoms with van der Waals surface area (Å²) in [5.41, 5.74) is 1.35. The Balaban J connectivity index is 1.44. The Morgan fingerprint density at radius 3 is 2.83 bits per heavy atom. The summed E-state index contributed by atoms with van der Waals surface area (Å²) in [6.07, 6.45) is 2.72. The number of amides is 1. The van der Waals surface area contributed by atoms with Crippen LogP contribution in [0.15, 0.2) is 29.2 Å². The van der Waals surface area contributed by atoms with Crippen molar-refractivity contribution in [3.05, 3.63) is 29.8 Å². The fraction of sp³-hybridized carbons (Fsp3) is 0.611. The summed E-state index contributed by atoms with van der Waals surface area (Å²) in [6.45, 7) is 6.33. The van der Waals surface area contributed by atoms with Gasteiger partial charge in [-0.2, -0.15) is 0 Å². The number of aryl methyl sites for hydroxylation is 1. The van der Waals surface area contributed by atoms with E-state index in [2.05, 4.69) is 36.5 Å². The van der Waals surface area contributed by atoms with E-state index in [4.69, 9.17) is 4.74 Å². The van der Waals surface area contributed by atoms with Crippen LogP contribution in [0.5, 0.6) is 0 Å². The van der Waals surface area contributed by atoms with Gasteiger partial charge in [-0.25, -0.2) is 0 Å². The van der Waals surface area contributed by atoms with Crippen molar-refractivity contribution in [1.82, 2.24) is 10.2 Å². The standard InChI is InChI=1S/C18H26N2O2S/c1-14-4-2-3-5-17(14)23-16-6-9-20(10-7-16)18(21)12-15-13-19-8-11-22-15/h2-5,15-16,19H,6-13H2,1H3/t15-/m0/s1. The lowest BCUT2D eigenvalue weighted by molar-refractivity contribution is -0.135. The molecule has 0 saturated carbocycles. The molecule has 1 amide bonds. The number of morpholine rings is 1. The zero-order valence-electron chi connectivity index (χ0n) is 13.8. The van der Waals surface area contributed by atoms with Gasteiger partial charge in [0.25, 0.3) is 0 Å². The van der Waals surface area contributed by atoms with Crippen LogP contribution in [0.1, 0.15) is 24.8 Å². The predicted molar refractivity (Wildman–Crippen MR) is 93.9 cm³/mol. The molecule has 2 heterocycles. The molecule has 0 aromatic heterocycles. The Morgan fingerprint density at radius 2 is 2.13 bits per heavy atom. The molecule has 1 aromatic carbocycles. The van der Waals surface area contributed by atoms with Crippen LogP contribution in [0, 0.1) is 6.92 Å². The van der Waals surface area contributed by atoms with Gasteiger partial charge in [-0.15, -0.1) is 11.8 Å². The average molecular weight is 334 g/mol. The number of benzene rings is 1. The van der Waals surface area contributed by atoms with Gasteiger partial charge in [0, 0.05) is 36.3 Å². The van der Waals surface area contributed by atoms with Gasteiger partial charge in [0.2, 0.25) is 5.91 Å². The van der Waals surface area contributed by atoms with Crippen molar-refractivity contribution in [3.63, 3.8) is 0 Å². The van der Waals surface area contributed by atoms with Gasteiger partial charge in [-0.05, 0) is 31.4 Å². The van der Waals surface area contributed by atoms with Crippen molar-refractivity contribution in [1.29, 1.82) is 0 Å². The molecule has 0 radical (unpaired) electrons. The highest BCUT2D eigenvalue weighted by Gasteiger charge is 2.26. The van der Waals surface area contributed by atoms with Crippen LogP contribution in [0.25, 0.3) is 0 Å². The lowest BCUT2D eigenvalue weighted by Crippen LogP contribution is -2.44. The summed E-state index contributed by atoms with van der Waals surface area (Å²) in [5.74, 6) is 0.248. The second-order valence-electron chi connectivity index (χ2n) is 6.36. The first-order chi connectivity index (χ1) is 11.2. The van der Waals surface area contributed by atoms with Gasteiger partial charge >= 0.3 is 0 Å². The molecule has 1 atom stereocenters. The molecule has 0 bridgehead atoms. The van der Waals surface area contributed by atoms with Gasteiger partial charge < -0.3 is 15.0 Å². The molecule has 2 aliphatic rings. The van der Waals surface area contributed by atoms with E-state index in [0.717, 1.165) is 39.0 Å². The van der Waals surface area contributed by atoms with E-state index in [1.54, 1.807) is 0 Å². The number of thioether (sulfide) groups is 1. The maximum atomic E-state index is 12.4. The summed E-state index contributed by atoms with van der Waals surface area (Å²) < 4.78 is 5.64. The van der Waals surface area contributed by atoms with E-state index in [0.29, 0.717) is 18.3 Å². The van der Waals surface area contributed by atoms with Crippen LogP contribution in [0.4, 0.5) is 0 Å². The lowest BCUT2D eigenvalue weighted by atomic mass is 10.1. The maximum Gasteiger partial charge on any atom is 0.225 e. The number of nitrogens with zero attached hydrogens (tertiary/aromatic N) is 1. The van der Waals surface area contributed by atoms with Crippen molar-refractivity contribution in [3.8, 4) is 0 Å². The lowest BCUT2D eigenvalue weighted by Gasteiger charge is -2.33. The number of hydrogen-bond acceptors (Lipinski definition) is 4. The number of rotatable bonds is 4. The topological polar surface area (TPSA) is 41.6 Å². The zero-order valence-corrected chi connectivity index (χ0v) is 14.6. The molecule has 126 valence electrons. The van der Waals surface area contributed by atoms with Gasteiger partial charge in [0.1, 0.15) is 0 Å². The molecule has 0 aliphatic carbocycles. The Labute approximate surface area is 143 Å². The molecule has 2 aliphatic heterocycles. The van der Waals surface area contributed by atoms with Crippen LogP contribution in [-0.2, 0) is 9.53 Å². The molecule has 2 saturated heterocycles. The molecule has 23 heavy (non-hydrogen) atoms. The smallest absolute Gasteiger partial charge is 0.225 e. The molecule has 4 nitrogen and oxygen atoms in total. The van der Waals surface area contributed by atoms with Gasteiger partial charge in [-0.1, -0.05) is 18.2 Å². The van der Waals surface area contributed by atoms with Crippen molar-refractivity contribution >= 4 is 17.7 Å². The third-order valence-electron chi connectivity index (χ3n) is 4.59. The van der Waals surface area contributed by atoms with Gasteiger partial charge in [0.05, 0.1) is 19.1 Å². The van der Waals surface area contributed by atoms with Gasteiger partial charge in [0.15, 0.2) is 0 Å². The fourth-order valence-electron chi connectivity index (χ4n) is 3.17. The summed E-state index contributed by atoms with van der Waals surface area (Å²) in [6, 6.07) is 8.55. The van der Waals surface area contributed by atoms with Crippen molar-refractivity contribution in [2.75, 3.05) is 32.8 Å². The van der Waals surface area contributed by atoms with E-state index >= 15 is 0 Å². The number of carbonyl (C=O) groups excluding carboxylic acids is 1. The van der Waals surface area contributed by atoms with E-state index in [9.17, 15) is 4.79 Å². The number of carbonyl (C=O) groups is 1. The van der Waals surface area contributed by atoms with E-state index in [1.807, 2.05) is 16.7 Å². The first-order valence-corrected chi connectivity index (χ1v) is 9.43. The molecule has 3 rings (SSSR count). The minimum atomic E-state index is 0.0512. The number of hydrogen-bond donors (Lipinski definition) is 1. The van der Waals surface area contributed by atoms with Crippen LogP contribution < -0.4 is 5.32 Å². The summed E-state index contributed by atoms with van der Waals surface area (Å²) in [7, 11) is 0. The Kier molecular flexibility index (Phi) is 5.97. The third-order valence-corrected chi connectivity index (χ3v) is 6.11. The molecule has 5 heteroatoms. The second-order valence-corrected chi connectivity index (χ2v) is 7.71. The van der Waals surface area contributed by atoms with E-state index < -0.39 is 0 Å². The largest absolute Gasteiger partial charge is 0.375 e. The van der Waals surface area contributed by atoms with Crippen LogP contribution in [0.2, 0.25) is 0 Å². The molecule has 0 spiro atoms. The van der Waals surface area contributed by atoms with Crippen molar-refractivity contribution in [2.45, 2.75) is 42.4 Å². The van der Waals surface area contributed by atoms with Crippen LogP contribution in [-0.4, -0.2) is 54.9 Å². The first kappa shape index (κ1) is 16.8. The van der Waals surface area contributed by atoms with Crippen molar-refractivity contribution < 1.29 is 9.53 Å². The zero-order chi connectivity index (χ0) is 16.1. The van der Waals surface area contributed by atoms with Gasteiger partial charge in [-0.3, -0.25) is 4.79 Å². The Hall–Kier alpha value is -1.04. The summed E-state index contributed by atoms with van der Waals surface area (Å²) >= 11 is 1.97. The molecule has 2 fully saturated rings. The molecule has 1 aromatic rings.